The zero-order valence-corrected chi connectivity index (χ0v) is 14.0. The Hall–Kier alpha value is -2.47. The van der Waals surface area contributed by atoms with E-state index in [9.17, 15) is 9.59 Å². The summed E-state index contributed by atoms with van der Waals surface area (Å²) in [6.45, 7) is 5.87. The predicted molar refractivity (Wildman–Crippen MR) is 92.7 cm³/mol. The first-order chi connectivity index (χ1) is 10.9. The van der Waals surface area contributed by atoms with Crippen molar-refractivity contribution in [1.29, 1.82) is 0 Å². The summed E-state index contributed by atoms with van der Waals surface area (Å²) in [4.78, 5) is 30.0. The van der Waals surface area contributed by atoms with Gasteiger partial charge in [-0.25, -0.2) is 4.98 Å². The van der Waals surface area contributed by atoms with Crippen LogP contribution < -0.4 is 11.3 Å². The average Bonchev–Trinajstić information content (AvgIpc) is 2.81. The van der Waals surface area contributed by atoms with Crippen molar-refractivity contribution < 1.29 is 4.79 Å². The van der Waals surface area contributed by atoms with Gasteiger partial charge in [0.25, 0.3) is 5.56 Å². The third-order valence-electron chi connectivity index (χ3n) is 3.84. The molecule has 0 aliphatic carbocycles. The molecule has 23 heavy (non-hydrogen) atoms. The summed E-state index contributed by atoms with van der Waals surface area (Å²) >= 11 is 1.49. The fourth-order valence-electron chi connectivity index (χ4n) is 2.75. The Balaban J connectivity index is 2.36. The lowest BCUT2D eigenvalue weighted by Crippen LogP contribution is -2.28. The molecule has 1 aromatic carbocycles. The minimum absolute atomic E-state index is 0.164. The third kappa shape index (κ3) is 2.66. The highest BCUT2D eigenvalue weighted by molar-refractivity contribution is 7.19. The first-order valence-corrected chi connectivity index (χ1v) is 8.04. The maximum absolute atomic E-state index is 12.8. The van der Waals surface area contributed by atoms with Crippen molar-refractivity contribution in [3.63, 3.8) is 0 Å². The van der Waals surface area contributed by atoms with Crippen LogP contribution in [-0.4, -0.2) is 15.5 Å². The van der Waals surface area contributed by atoms with Gasteiger partial charge in [-0.15, -0.1) is 11.3 Å². The number of aryl methyl sites for hydroxylation is 3. The van der Waals surface area contributed by atoms with Crippen molar-refractivity contribution >= 4 is 27.5 Å². The van der Waals surface area contributed by atoms with Gasteiger partial charge >= 0.3 is 0 Å². The molecule has 0 fully saturated rings. The fraction of sp³-hybridized carbons (Fsp3) is 0.235. The quantitative estimate of drug-likeness (QED) is 0.803. The van der Waals surface area contributed by atoms with E-state index in [0.29, 0.717) is 10.2 Å². The Morgan fingerprint density at radius 1 is 1.30 bits per heavy atom. The molecule has 2 N–H and O–H groups in total. The highest BCUT2D eigenvalue weighted by Gasteiger charge is 2.18. The molecule has 1 amide bonds. The van der Waals surface area contributed by atoms with Crippen LogP contribution in [0.1, 0.15) is 16.0 Å². The topological polar surface area (TPSA) is 78.0 Å². The Morgan fingerprint density at radius 2 is 2.04 bits per heavy atom. The van der Waals surface area contributed by atoms with Crippen LogP contribution in [0.25, 0.3) is 21.3 Å². The van der Waals surface area contributed by atoms with Gasteiger partial charge in [-0.1, -0.05) is 23.8 Å². The second-order valence-corrected chi connectivity index (χ2v) is 6.88. The van der Waals surface area contributed by atoms with Crippen LogP contribution in [-0.2, 0) is 11.3 Å². The molecule has 0 aliphatic heterocycles. The minimum Gasteiger partial charge on any atom is -0.368 e. The maximum Gasteiger partial charge on any atom is 0.263 e. The average molecular weight is 327 g/mol. The molecule has 3 aromatic rings. The van der Waals surface area contributed by atoms with Gasteiger partial charge in [-0.05, 0) is 31.9 Å². The van der Waals surface area contributed by atoms with Gasteiger partial charge < -0.3 is 5.73 Å². The lowest BCUT2D eigenvalue weighted by molar-refractivity contribution is -0.118. The van der Waals surface area contributed by atoms with Crippen molar-refractivity contribution in [2.75, 3.05) is 0 Å². The van der Waals surface area contributed by atoms with E-state index < -0.39 is 5.91 Å². The molecule has 0 atom stereocenters. The van der Waals surface area contributed by atoms with Gasteiger partial charge in [0.15, 0.2) is 0 Å². The second-order valence-electron chi connectivity index (χ2n) is 5.68. The van der Waals surface area contributed by atoms with Crippen LogP contribution in [0.5, 0.6) is 0 Å². The number of fused-ring (bicyclic) bond motifs is 1. The monoisotopic (exact) mass is 327 g/mol. The van der Waals surface area contributed by atoms with Gasteiger partial charge in [-0.2, -0.15) is 0 Å². The number of hydrogen-bond acceptors (Lipinski definition) is 4. The van der Waals surface area contributed by atoms with E-state index in [2.05, 4.69) is 11.1 Å². The summed E-state index contributed by atoms with van der Waals surface area (Å²) in [5.74, 6) is -0.562. The predicted octanol–water partition coefficient (Wildman–Crippen LogP) is 2.54. The molecule has 6 heteroatoms. The number of hydrogen-bond donors (Lipinski definition) is 1. The number of nitrogens with zero attached hydrogens (tertiary/aromatic N) is 2. The van der Waals surface area contributed by atoms with E-state index in [1.807, 2.05) is 32.9 Å². The van der Waals surface area contributed by atoms with Crippen LogP contribution in [0.4, 0.5) is 0 Å². The van der Waals surface area contributed by atoms with Gasteiger partial charge in [0.2, 0.25) is 5.91 Å². The summed E-state index contributed by atoms with van der Waals surface area (Å²) in [6.07, 6.45) is 1.39. The molecular weight excluding hydrogens is 310 g/mol. The number of benzene rings is 1. The molecule has 0 unspecified atom stereocenters. The van der Waals surface area contributed by atoms with Crippen LogP contribution in [0.2, 0.25) is 0 Å². The fourth-order valence-corrected chi connectivity index (χ4v) is 3.74. The Bertz CT molecular complexity index is 985. The lowest BCUT2D eigenvalue weighted by atomic mass is 9.97. The molecule has 2 aromatic heterocycles. The molecule has 0 saturated heterocycles. The standard InChI is InChI=1S/C17H17N3O2S/c1-9-4-5-10(2)12(6-9)14-11(3)23-16-15(14)17(22)20(8-19-16)7-13(18)21/h4-6,8H,7H2,1-3H3,(H2,18,21). The van der Waals surface area contributed by atoms with Gasteiger partial charge in [0.05, 0.1) is 11.7 Å². The molecule has 0 spiro atoms. The Kier molecular flexibility index (Phi) is 3.77. The van der Waals surface area contributed by atoms with E-state index in [1.165, 1.54) is 22.2 Å². The molecule has 5 nitrogen and oxygen atoms in total. The molecule has 118 valence electrons. The number of thiophene rings is 1. The number of rotatable bonds is 3. The first-order valence-electron chi connectivity index (χ1n) is 7.23. The third-order valence-corrected chi connectivity index (χ3v) is 4.86. The van der Waals surface area contributed by atoms with E-state index in [4.69, 9.17) is 5.73 Å². The van der Waals surface area contributed by atoms with Crippen LogP contribution in [0.15, 0.2) is 29.3 Å². The van der Waals surface area contributed by atoms with Gasteiger partial charge in [0, 0.05) is 10.4 Å². The maximum atomic E-state index is 12.8. The van der Waals surface area contributed by atoms with Crippen LogP contribution in [0, 0.1) is 20.8 Å². The molecule has 0 radical (unpaired) electrons. The summed E-state index contributed by atoms with van der Waals surface area (Å²) in [7, 11) is 0. The Morgan fingerprint density at radius 3 is 2.74 bits per heavy atom. The summed E-state index contributed by atoms with van der Waals surface area (Å²) in [6, 6.07) is 6.17. The number of carbonyl (C=O) groups is 1. The Labute approximate surface area is 137 Å². The highest BCUT2D eigenvalue weighted by Crippen LogP contribution is 2.37. The number of primary amides is 1. The summed E-state index contributed by atoms with van der Waals surface area (Å²) < 4.78 is 1.27. The van der Waals surface area contributed by atoms with E-state index in [-0.39, 0.29) is 12.1 Å². The second kappa shape index (κ2) is 5.62. The summed E-state index contributed by atoms with van der Waals surface area (Å²) in [5.41, 5.74) is 9.15. The van der Waals surface area contributed by atoms with Crippen molar-refractivity contribution in [2.45, 2.75) is 27.3 Å². The molecule has 0 saturated carbocycles. The highest BCUT2D eigenvalue weighted by atomic mass is 32.1. The van der Waals surface area contributed by atoms with E-state index in [1.54, 1.807) is 0 Å². The summed E-state index contributed by atoms with van der Waals surface area (Å²) in [5, 5.41) is 0.560. The molecule has 0 aliphatic rings. The smallest absolute Gasteiger partial charge is 0.263 e. The van der Waals surface area contributed by atoms with E-state index >= 15 is 0 Å². The lowest BCUT2D eigenvalue weighted by Gasteiger charge is -2.08. The number of amides is 1. The van der Waals surface area contributed by atoms with Crippen molar-refractivity contribution in [3.8, 4) is 11.1 Å². The molecule has 0 bridgehead atoms. The molecule has 3 rings (SSSR count). The zero-order chi connectivity index (χ0) is 16.7. The van der Waals surface area contributed by atoms with Crippen molar-refractivity contribution in [3.05, 3.63) is 50.9 Å². The van der Waals surface area contributed by atoms with Gasteiger partial charge in [0.1, 0.15) is 11.4 Å². The first kappa shape index (κ1) is 15.4. The normalized spacial score (nSPS) is 11.1. The largest absolute Gasteiger partial charge is 0.368 e. The van der Waals surface area contributed by atoms with Crippen LogP contribution in [0.3, 0.4) is 0 Å². The SMILES string of the molecule is Cc1ccc(C)c(-c2c(C)sc3ncn(CC(N)=O)c(=O)c23)c1. The van der Waals surface area contributed by atoms with Crippen molar-refractivity contribution in [2.24, 2.45) is 5.73 Å². The van der Waals surface area contributed by atoms with Crippen LogP contribution >= 0.6 is 11.3 Å². The minimum atomic E-state index is -0.562. The molecule has 2 heterocycles. The zero-order valence-electron chi connectivity index (χ0n) is 13.2. The number of aromatic nitrogens is 2. The van der Waals surface area contributed by atoms with E-state index in [0.717, 1.165) is 27.1 Å². The molecular formula is C17H17N3O2S. The van der Waals surface area contributed by atoms with Gasteiger partial charge in [-0.3, -0.25) is 14.2 Å². The van der Waals surface area contributed by atoms with Crippen molar-refractivity contribution in [1.82, 2.24) is 9.55 Å². The number of nitrogens with two attached hydrogens (primary N) is 1. The number of carbonyl (C=O) groups excluding carboxylic acids is 1.